The summed E-state index contributed by atoms with van der Waals surface area (Å²) in [4.78, 5) is 3.99. The van der Waals surface area contributed by atoms with E-state index in [1.807, 2.05) is 0 Å². The van der Waals surface area contributed by atoms with E-state index in [9.17, 15) is 13.9 Å². The van der Waals surface area contributed by atoms with Gasteiger partial charge in [0.1, 0.15) is 5.15 Å². The molecule has 2 aromatic heterocycles. The van der Waals surface area contributed by atoms with Gasteiger partial charge in [0.05, 0.1) is 17.8 Å². The van der Waals surface area contributed by atoms with Crippen LogP contribution in [0.25, 0.3) is 11.3 Å². The van der Waals surface area contributed by atoms with E-state index >= 15 is 0 Å². The number of rotatable bonds is 4. The monoisotopic (exact) mass is 328 g/mol. The zero-order valence-corrected chi connectivity index (χ0v) is 12.3. The van der Waals surface area contributed by atoms with Gasteiger partial charge in [-0.15, -0.1) is 0 Å². The number of pyridine rings is 1. The molecule has 0 radical (unpaired) electrons. The molecule has 0 spiro atoms. The molecule has 118 valence electrons. The van der Waals surface area contributed by atoms with Crippen LogP contribution < -0.4 is 5.32 Å². The Morgan fingerprint density at radius 2 is 2.23 bits per heavy atom. The molecule has 5 nitrogen and oxygen atoms in total. The second-order valence-corrected chi connectivity index (χ2v) is 5.65. The smallest absolute Gasteiger partial charge is 0.333 e. The first-order chi connectivity index (χ1) is 10.5. The van der Waals surface area contributed by atoms with Crippen LogP contribution in [-0.4, -0.2) is 32.0 Å². The Labute approximate surface area is 130 Å². The SMILES string of the molecule is OC1CCCC1Nc1cc(Cl)ncc1-c1ccn(C(F)F)n1. The molecule has 2 N–H and O–H groups in total. The molecule has 0 aromatic carbocycles. The van der Waals surface area contributed by atoms with Gasteiger partial charge in [-0.05, 0) is 31.4 Å². The topological polar surface area (TPSA) is 63.0 Å². The molecule has 0 bridgehead atoms. The van der Waals surface area contributed by atoms with Crippen molar-refractivity contribution in [3.8, 4) is 11.3 Å². The molecule has 1 fully saturated rings. The van der Waals surface area contributed by atoms with Gasteiger partial charge in [-0.25, -0.2) is 9.67 Å². The predicted octanol–water partition coefficient (Wildman–Crippen LogP) is 3.32. The molecule has 22 heavy (non-hydrogen) atoms. The summed E-state index contributed by atoms with van der Waals surface area (Å²) >= 11 is 5.92. The predicted molar refractivity (Wildman–Crippen MR) is 79.0 cm³/mol. The minimum Gasteiger partial charge on any atom is -0.391 e. The van der Waals surface area contributed by atoms with Crippen molar-refractivity contribution in [1.29, 1.82) is 0 Å². The van der Waals surface area contributed by atoms with Crippen LogP contribution in [0.5, 0.6) is 0 Å². The van der Waals surface area contributed by atoms with Crippen molar-refractivity contribution in [3.05, 3.63) is 29.7 Å². The average molecular weight is 329 g/mol. The maximum Gasteiger partial charge on any atom is 0.333 e. The highest BCUT2D eigenvalue weighted by Gasteiger charge is 2.26. The Hall–Kier alpha value is -1.73. The first-order valence-electron chi connectivity index (χ1n) is 6.98. The second-order valence-electron chi connectivity index (χ2n) is 5.26. The van der Waals surface area contributed by atoms with E-state index in [0.717, 1.165) is 19.3 Å². The zero-order chi connectivity index (χ0) is 15.7. The fourth-order valence-electron chi connectivity index (χ4n) is 2.65. The van der Waals surface area contributed by atoms with Gasteiger partial charge in [-0.1, -0.05) is 11.6 Å². The summed E-state index contributed by atoms with van der Waals surface area (Å²) in [6.45, 7) is -2.69. The lowest BCUT2D eigenvalue weighted by molar-refractivity contribution is 0.0568. The second kappa shape index (κ2) is 6.18. The van der Waals surface area contributed by atoms with E-state index in [1.54, 1.807) is 6.07 Å². The van der Waals surface area contributed by atoms with Crippen LogP contribution in [0.4, 0.5) is 14.5 Å². The van der Waals surface area contributed by atoms with E-state index < -0.39 is 12.7 Å². The normalized spacial score (nSPS) is 21.5. The van der Waals surface area contributed by atoms with Gasteiger partial charge in [0.25, 0.3) is 0 Å². The highest BCUT2D eigenvalue weighted by Crippen LogP contribution is 2.31. The lowest BCUT2D eigenvalue weighted by Gasteiger charge is -2.19. The van der Waals surface area contributed by atoms with Crippen molar-refractivity contribution in [2.45, 2.75) is 38.0 Å². The van der Waals surface area contributed by atoms with Gasteiger partial charge >= 0.3 is 6.55 Å². The number of alkyl halides is 2. The van der Waals surface area contributed by atoms with Gasteiger partial charge < -0.3 is 10.4 Å². The van der Waals surface area contributed by atoms with Gasteiger partial charge in [-0.3, -0.25) is 0 Å². The highest BCUT2D eigenvalue weighted by atomic mass is 35.5. The summed E-state index contributed by atoms with van der Waals surface area (Å²) in [5.41, 5.74) is 1.58. The number of nitrogens with one attached hydrogen (secondary N) is 1. The summed E-state index contributed by atoms with van der Waals surface area (Å²) in [5, 5.41) is 17.3. The van der Waals surface area contributed by atoms with Crippen LogP contribution in [-0.2, 0) is 0 Å². The van der Waals surface area contributed by atoms with Crippen LogP contribution in [0.2, 0.25) is 5.15 Å². The number of nitrogens with zero attached hydrogens (tertiary/aromatic N) is 3. The molecule has 2 heterocycles. The molecule has 0 saturated heterocycles. The number of aliphatic hydroxyl groups is 1. The van der Waals surface area contributed by atoms with Gasteiger partial charge in [-0.2, -0.15) is 13.9 Å². The fraction of sp³-hybridized carbons (Fsp3) is 0.429. The first-order valence-corrected chi connectivity index (χ1v) is 7.36. The molecule has 2 unspecified atom stereocenters. The van der Waals surface area contributed by atoms with Crippen molar-refractivity contribution in [2.24, 2.45) is 0 Å². The Morgan fingerprint density at radius 3 is 2.86 bits per heavy atom. The number of hydrogen-bond donors (Lipinski definition) is 2. The lowest BCUT2D eigenvalue weighted by Crippen LogP contribution is -2.28. The summed E-state index contributed by atoms with van der Waals surface area (Å²) in [7, 11) is 0. The van der Waals surface area contributed by atoms with E-state index in [-0.39, 0.29) is 11.2 Å². The standard InChI is InChI=1S/C14H15ClF2N4O/c15-13-6-11(19-10-2-1-3-12(10)22)8(7-18-13)9-4-5-21(20-9)14(16)17/h4-7,10,12,14,22H,1-3H2,(H,18,19). The van der Waals surface area contributed by atoms with Crippen molar-refractivity contribution < 1.29 is 13.9 Å². The van der Waals surface area contributed by atoms with Gasteiger partial charge in [0, 0.05) is 23.6 Å². The van der Waals surface area contributed by atoms with Crippen LogP contribution in [0.15, 0.2) is 24.5 Å². The number of anilines is 1. The molecule has 1 aliphatic rings. The Bertz CT molecular complexity index is 664. The molecule has 1 saturated carbocycles. The maximum atomic E-state index is 12.7. The van der Waals surface area contributed by atoms with Gasteiger partial charge in [0.2, 0.25) is 0 Å². The average Bonchev–Trinajstić information content (AvgIpc) is 3.09. The van der Waals surface area contributed by atoms with E-state index in [2.05, 4.69) is 15.4 Å². The Balaban J connectivity index is 1.92. The largest absolute Gasteiger partial charge is 0.391 e. The third-order valence-electron chi connectivity index (χ3n) is 3.78. The molecule has 3 rings (SSSR count). The summed E-state index contributed by atoms with van der Waals surface area (Å²) < 4.78 is 25.9. The Kier molecular flexibility index (Phi) is 4.26. The number of aliphatic hydroxyl groups excluding tert-OH is 1. The van der Waals surface area contributed by atoms with Crippen molar-refractivity contribution in [3.63, 3.8) is 0 Å². The maximum absolute atomic E-state index is 12.7. The van der Waals surface area contributed by atoms with E-state index in [4.69, 9.17) is 11.6 Å². The fourth-order valence-corrected chi connectivity index (χ4v) is 2.81. The number of halogens is 3. The van der Waals surface area contributed by atoms with E-state index in [0.29, 0.717) is 21.6 Å². The molecular formula is C14H15ClF2N4O. The summed E-state index contributed by atoms with van der Waals surface area (Å²) in [6, 6.07) is 3.02. The van der Waals surface area contributed by atoms with Crippen LogP contribution in [0.3, 0.4) is 0 Å². The molecule has 0 aliphatic heterocycles. The first kappa shape index (κ1) is 15.2. The minimum absolute atomic E-state index is 0.0885. The summed E-state index contributed by atoms with van der Waals surface area (Å²) in [6.07, 6.45) is 4.79. The van der Waals surface area contributed by atoms with Crippen molar-refractivity contribution >= 4 is 17.3 Å². The van der Waals surface area contributed by atoms with Crippen LogP contribution in [0, 0.1) is 0 Å². The van der Waals surface area contributed by atoms with Crippen LogP contribution >= 0.6 is 11.6 Å². The molecule has 0 amide bonds. The molecule has 2 atom stereocenters. The van der Waals surface area contributed by atoms with Crippen molar-refractivity contribution in [1.82, 2.24) is 14.8 Å². The van der Waals surface area contributed by atoms with E-state index in [1.165, 1.54) is 18.5 Å². The third kappa shape index (κ3) is 3.05. The summed E-state index contributed by atoms with van der Waals surface area (Å²) in [5.74, 6) is 0. The minimum atomic E-state index is -2.69. The zero-order valence-electron chi connectivity index (χ0n) is 11.6. The molecular weight excluding hydrogens is 314 g/mol. The number of hydrogen-bond acceptors (Lipinski definition) is 4. The molecule has 2 aromatic rings. The molecule has 1 aliphatic carbocycles. The highest BCUT2D eigenvalue weighted by molar-refractivity contribution is 6.29. The quantitative estimate of drug-likeness (QED) is 0.845. The van der Waals surface area contributed by atoms with Gasteiger partial charge in [0.15, 0.2) is 0 Å². The Morgan fingerprint density at radius 1 is 1.41 bits per heavy atom. The van der Waals surface area contributed by atoms with Crippen LogP contribution in [0.1, 0.15) is 25.8 Å². The number of aromatic nitrogens is 3. The third-order valence-corrected chi connectivity index (χ3v) is 3.98. The van der Waals surface area contributed by atoms with Crippen molar-refractivity contribution in [2.75, 3.05) is 5.32 Å². The lowest BCUT2D eigenvalue weighted by atomic mass is 10.1. The molecule has 8 heteroatoms.